The Morgan fingerprint density at radius 3 is 2.30 bits per heavy atom. The van der Waals surface area contributed by atoms with Gasteiger partial charge in [-0.05, 0) is 60.2 Å². The average molecular weight is 527 g/mol. The van der Waals surface area contributed by atoms with Crippen LogP contribution in [-0.2, 0) is 4.79 Å². The summed E-state index contributed by atoms with van der Waals surface area (Å²) in [4.78, 5) is 13.0. The van der Waals surface area contributed by atoms with Crippen molar-refractivity contribution < 1.29 is 9.53 Å². The van der Waals surface area contributed by atoms with Crippen molar-refractivity contribution in [3.8, 4) is 34.0 Å². The predicted octanol–water partition coefficient (Wildman–Crippen LogP) is 6.99. The summed E-state index contributed by atoms with van der Waals surface area (Å²) in [5.74, 6) is 1.44. The van der Waals surface area contributed by atoms with Crippen molar-refractivity contribution in [3.05, 3.63) is 108 Å². The summed E-state index contributed by atoms with van der Waals surface area (Å²) in [5.41, 5.74) is 4.48. The Morgan fingerprint density at radius 2 is 1.57 bits per heavy atom. The van der Waals surface area contributed by atoms with E-state index in [0.29, 0.717) is 16.0 Å². The number of nitrogens with zero attached hydrogens (tertiary/aromatic N) is 3. The molecule has 0 aliphatic heterocycles. The molecular weight excluding hydrogens is 504 g/mol. The van der Waals surface area contributed by atoms with E-state index >= 15 is 0 Å². The maximum atomic E-state index is 13.0. The molecule has 5 rings (SSSR count). The van der Waals surface area contributed by atoms with E-state index < -0.39 is 0 Å². The Bertz CT molecular complexity index is 1500. The smallest absolute Gasteiger partial charge is 0.234 e. The lowest BCUT2D eigenvalue weighted by Gasteiger charge is -2.12. The molecule has 5 aromatic rings. The van der Waals surface area contributed by atoms with Crippen molar-refractivity contribution in [1.82, 2.24) is 14.8 Å². The zero-order valence-electron chi connectivity index (χ0n) is 20.0. The van der Waals surface area contributed by atoms with Crippen molar-refractivity contribution in [3.63, 3.8) is 0 Å². The van der Waals surface area contributed by atoms with E-state index in [0.717, 1.165) is 33.8 Å². The molecule has 0 aliphatic carbocycles. The summed E-state index contributed by atoms with van der Waals surface area (Å²) in [7, 11) is 1.63. The number of para-hydroxylation sites is 1. The quantitative estimate of drug-likeness (QED) is 0.221. The maximum absolute atomic E-state index is 13.0. The molecule has 0 saturated carbocycles. The minimum atomic E-state index is -0.134. The van der Waals surface area contributed by atoms with Crippen LogP contribution in [0, 0.1) is 0 Å². The topological polar surface area (TPSA) is 69.0 Å². The molecule has 0 radical (unpaired) electrons. The molecule has 37 heavy (non-hydrogen) atoms. The number of methoxy groups -OCH3 is 1. The van der Waals surface area contributed by atoms with Crippen LogP contribution in [0.2, 0.25) is 5.02 Å². The van der Waals surface area contributed by atoms with Gasteiger partial charge < -0.3 is 10.1 Å². The van der Waals surface area contributed by atoms with Gasteiger partial charge in [-0.25, -0.2) is 0 Å². The van der Waals surface area contributed by atoms with Crippen LogP contribution >= 0.6 is 23.4 Å². The lowest BCUT2D eigenvalue weighted by atomic mass is 10.0. The zero-order chi connectivity index (χ0) is 25.6. The van der Waals surface area contributed by atoms with Crippen molar-refractivity contribution in [2.24, 2.45) is 0 Å². The van der Waals surface area contributed by atoms with E-state index in [1.165, 1.54) is 11.8 Å². The summed E-state index contributed by atoms with van der Waals surface area (Å²) < 4.78 is 7.21. The van der Waals surface area contributed by atoms with Crippen molar-refractivity contribution in [2.75, 3.05) is 18.2 Å². The first kappa shape index (κ1) is 24.6. The molecule has 0 aliphatic rings. The van der Waals surface area contributed by atoms with E-state index in [1.54, 1.807) is 7.11 Å². The fraction of sp³-hybridized carbons (Fsp3) is 0.0690. The third kappa shape index (κ3) is 5.69. The van der Waals surface area contributed by atoms with Gasteiger partial charge in [-0.1, -0.05) is 71.9 Å². The van der Waals surface area contributed by atoms with E-state index in [2.05, 4.69) is 15.5 Å². The molecule has 4 aromatic carbocycles. The fourth-order valence-corrected chi connectivity index (χ4v) is 4.77. The Labute approximate surface area is 224 Å². The second kappa shape index (κ2) is 11.3. The van der Waals surface area contributed by atoms with Gasteiger partial charge in [0.1, 0.15) is 5.75 Å². The molecule has 1 heterocycles. The normalized spacial score (nSPS) is 10.8. The number of amides is 1. The maximum Gasteiger partial charge on any atom is 0.234 e. The van der Waals surface area contributed by atoms with Crippen LogP contribution in [0.25, 0.3) is 28.2 Å². The molecule has 0 unspecified atom stereocenters. The summed E-state index contributed by atoms with van der Waals surface area (Å²) >= 11 is 7.45. The average Bonchev–Trinajstić information content (AvgIpc) is 3.37. The highest BCUT2D eigenvalue weighted by molar-refractivity contribution is 7.99. The van der Waals surface area contributed by atoms with Gasteiger partial charge in [-0.2, -0.15) is 0 Å². The standard InChI is InChI=1S/C29H23ClN4O2S/c1-36-24-17-11-21(12-18-24)28-32-33-29(34(28)23-15-13-22(30)14-16-23)37-19-27(35)31-26-10-6-5-9-25(26)20-7-3-2-4-8-20/h2-18H,19H2,1H3,(H,31,35). The molecule has 1 aromatic heterocycles. The SMILES string of the molecule is COc1ccc(-c2nnc(SCC(=O)Nc3ccccc3-c3ccccc3)n2-c2ccc(Cl)cc2)cc1. The molecule has 0 spiro atoms. The van der Waals surface area contributed by atoms with E-state index in [4.69, 9.17) is 16.3 Å². The molecule has 0 atom stereocenters. The Balaban J connectivity index is 1.39. The summed E-state index contributed by atoms with van der Waals surface area (Å²) in [6.45, 7) is 0. The number of halogens is 1. The Hall–Kier alpha value is -4.07. The minimum absolute atomic E-state index is 0.134. The Kier molecular flexibility index (Phi) is 7.54. The van der Waals surface area contributed by atoms with Crippen LogP contribution in [0.4, 0.5) is 5.69 Å². The zero-order valence-corrected chi connectivity index (χ0v) is 21.5. The van der Waals surface area contributed by atoms with Gasteiger partial charge in [-0.15, -0.1) is 10.2 Å². The first-order valence-corrected chi connectivity index (χ1v) is 12.9. The minimum Gasteiger partial charge on any atom is -0.497 e. The van der Waals surface area contributed by atoms with Crippen molar-refractivity contribution in [1.29, 1.82) is 0 Å². The number of ether oxygens (including phenoxy) is 1. The van der Waals surface area contributed by atoms with Crippen LogP contribution in [0.5, 0.6) is 5.75 Å². The highest BCUT2D eigenvalue weighted by atomic mass is 35.5. The molecule has 6 nitrogen and oxygen atoms in total. The van der Waals surface area contributed by atoms with Crippen molar-refractivity contribution in [2.45, 2.75) is 5.16 Å². The number of aromatic nitrogens is 3. The number of hydrogen-bond donors (Lipinski definition) is 1. The molecule has 184 valence electrons. The van der Waals surface area contributed by atoms with Gasteiger partial charge in [0.05, 0.1) is 12.9 Å². The van der Waals surface area contributed by atoms with Crippen LogP contribution < -0.4 is 10.1 Å². The predicted molar refractivity (Wildman–Crippen MR) is 150 cm³/mol. The second-order valence-electron chi connectivity index (χ2n) is 8.09. The number of carbonyl (C=O) groups is 1. The lowest BCUT2D eigenvalue weighted by Crippen LogP contribution is -2.15. The van der Waals surface area contributed by atoms with Gasteiger partial charge >= 0.3 is 0 Å². The van der Waals surface area contributed by atoms with Gasteiger partial charge in [0.2, 0.25) is 5.91 Å². The third-order valence-electron chi connectivity index (χ3n) is 5.68. The number of benzene rings is 4. The van der Waals surface area contributed by atoms with Gasteiger partial charge in [-0.3, -0.25) is 9.36 Å². The Morgan fingerprint density at radius 1 is 0.865 bits per heavy atom. The van der Waals surface area contributed by atoms with Crippen LogP contribution in [0.15, 0.2) is 108 Å². The summed E-state index contributed by atoms with van der Waals surface area (Å²) in [6, 6.07) is 32.8. The second-order valence-corrected chi connectivity index (χ2v) is 9.47. The molecule has 0 fully saturated rings. The number of thioether (sulfide) groups is 1. The van der Waals surface area contributed by atoms with E-state index in [-0.39, 0.29) is 11.7 Å². The van der Waals surface area contributed by atoms with Gasteiger partial charge in [0, 0.05) is 27.5 Å². The first-order valence-electron chi connectivity index (χ1n) is 11.6. The van der Waals surface area contributed by atoms with Gasteiger partial charge in [0.25, 0.3) is 0 Å². The number of anilines is 1. The number of hydrogen-bond acceptors (Lipinski definition) is 5. The number of carbonyl (C=O) groups excluding carboxylic acids is 1. The molecule has 1 N–H and O–H groups in total. The van der Waals surface area contributed by atoms with Crippen molar-refractivity contribution >= 4 is 35.0 Å². The third-order valence-corrected chi connectivity index (χ3v) is 6.87. The van der Waals surface area contributed by atoms with Crippen LogP contribution in [-0.4, -0.2) is 33.5 Å². The summed E-state index contributed by atoms with van der Waals surface area (Å²) in [6.07, 6.45) is 0. The molecule has 0 bridgehead atoms. The highest BCUT2D eigenvalue weighted by Gasteiger charge is 2.18. The monoisotopic (exact) mass is 526 g/mol. The van der Waals surface area contributed by atoms with E-state index in [9.17, 15) is 4.79 Å². The first-order chi connectivity index (χ1) is 18.1. The highest BCUT2D eigenvalue weighted by Crippen LogP contribution is 2.31. The van der Waals surface area contributed by atoms with E-state index in [1.807, 2.05) is 108 Å². The lowest BCUT2D eigenvalue weighted by molar-refractivity contribution is -0.113. The number of rotatable bonds is 8. The van der Waals surface area contributed by atoms with Crippen LogP contribution in [0.1, 0.15) is 0 Å². The largest absolute Gasteiger partial charge is 0.497 e. The van der Waals surface area contributed by atoms with Crippen LogP contribution in [0.3, 0.4) is 0 Å². The molecule has 0 saturated heterocycles. The fourth-order valence-electron chi connectivity index (χ4n) is 3.89. The van der Waals surface area contributed by atoms with Gasteiger partial charge in [0.15, 0.2) is 11.0 Å². The molecule has 1 amide bonds. The molecule has 8 heteroatoms. The summed E-state index contributed by atoms with van der Waals surface area (Å²) in [5, 5.41) is 13.1. The number of nitrogens with one attached hydrogen (secondary N) is 1. The molecular formula is C29H23ClN4O2S.